The number of likely N-dealkylation sites (tertiary alicyclic amines) is 1. The summed E-state index contributed by atoms with van der Waals surface area (Å²) in [7, 11) is 0. The van der Waals surface area contributed by atoms with Crippen LogP contribution in [0.3, 0.4) is 0 Å². The van der Waals surface area contributed by atoms with Crippen LogP contribution < -0.4 is 5.73 Å². The lowest BCUT2D eigenvalue weighted by molar-refractivity contribution is -0.149. The molecule has 0 aromatic heterocycles. The Labute approximate surface area is 130 Å². The zero-order valence-electron chi connectivity index (χ0n) is 12.6. The fourth-order valence-corrected chi connectivity index (χ4v) is 4.01. The number of amides is 1. The third kappa shape index (κ3) is 2.80. The van der Waals surface area contributed by atoms with Gasteiger partial charge in [0.15, 0.2) is 0 Å². The van der Waals surface area contributed by atoms with Gasteiger partial charge >= 0.3 is 5.97 Å². The summed E-state index contributed by atoms with van der Waals surface area (Å²) in [6.07, 6.45) is 5.01. The monoisotopic (exact) mass is 302 g/mol. The van der Waals surface area contributed by atoms with Crippen molar-refractivity contribution in [1.82, 2.24) is 4.90 Å². The fraction of sp³-hybridized carbons (Fsp3) is 0.529. The number of anilines is 1. The molecule has 0 bridgehead atoms. The van der Waals surface area contributed by atoms with Gasteiger partial charge in [-0.15, -0.1) is 0 Å². The van der Waals surface area contributed by atoms with Crippen LogP contribution in [0.2, 0.25) is 0 Å². The molecule has 3 atom stereocenters. The molecule has 0 radical (unpaired) electrons. The molecule has 0 spiro atoms. The van der Waals surface area contributed by atoms with Crippen LogP contribution in [0.4, 0.5) is 5.69 Å². The molecule has 1 heterocycles. The molecular formula is C17H22N2O3. The maximum absolute atomic E-state index is 12.7. The molecule has 1 amide bonds. The summed E-state index contributed by atoms with van der Waals surface area (Å²) in [6.45, 7) is 0. The van der Waals surface area contributed by atoms with Crippen LogP contribution in [-0.4, -0.2) is 34.0 Å². The summed E-state index contributed by atoms with van der Waals surface area (Å²) in [4.78, 5) is 25.9. The van der Waals surface area contributed by atoms with Gasteiger partial charge in [-0.25, -0.2) is 4.79 Å². The van der Waals surface area contributed by atoms with E-state index in [9.17, 15) is 14.7 Å². The van der Waals surface area contributed by atoms with Crippen LogP contribution in [0.5, 0.6) is 0 Å². The van der Waals surface area contributed by atoms with Crippen LogP contribution in [0.1, 0.15) is 37.7 Å². The zero-order valence-corrected chi connectivity index (χ0v) is 12.6. The van der Waals surface area contributed by atoms with E-state index in [-0.39, 0.29) is 18.4 Å². The molecule has 118 valence electrons. The Kier molecular flexibility index (Phi) is 4.05. The number of nitrogens with zero attached hydrogens (tertiary/aromatic N) is 1. The third-order valence-corrected chi connectivity index (χ3v) is 4.97. The highest BCUT2D eigenvalue weighted by atomic mass is 16.4. The second-order valence-electron chi connectivity index (χ2n) is 6.42. The van der Waals surface area contributed by atoms with Gasteiger partial charge in [-0.05, 0) is 42.9 Å². The maximum atomic E-state index is 12.7. The minimum atomic E-state index is -0.879. The molecule has 1 aromatic rings. The summed E-state index contributed by atoms with van der Waals surface area (Å²) >= 11 is 0. The Morgan fingerprint density at radius 3 is 2.77 bits per heavy atom. The molecule has 1 aliphatic carbocycles. The van der Waals surface area contributed by atoms with Crippen molar-refractivity contribution in [2.24, 2.45) is 5.92 Å². The summed E-state index contributed by atoms with van der Waals surface area (Å²) in [5.74, 6) is -0.623. The molecule has 3 N–H and O–H groups in total. The smallest absolute Gasteiger partial charge is 0.326 e. The van der Waals surface area contributed by atoms with Crippen LogP contribution in [0.15, 0.2) is 24.3 Å². The molecule has 1 saturated carbocycles. The molecular weight excluding hydrogens is 280 g/mol. The fourth-order valence-electron chi connectivity index (χ4n) is 4.01. The summed E-state index contributed by atoms with van der Waals surface area (Å²) in [5.41, 5.74) is 7.21. The molecule has 1 saturated heterocycles. The van der Waals surface area contributed by atoms with Crippen molar-refractivity contribution >= 4 is 17.6 Å². The third-order valence-electron chi connectivity index (χ3n) is 4.97. The Bertz CT molecular complexity index is 587. The lowest BCUT2D eigenvalue weighted by atomic mass is 9.84. The maximum Gasteiger partial charge on any atom is 0.326 e. The van der Waals surface area contributed by atoms with Gasteiger partial charge in [-0.2, -0.15) is 0 Å². The molecule has 5 heteroatoms. The van der Waals surface area contributed by atoms with Crippen molar-refractivity contribution in [3.8, 4) is 0 Å². The van der Waals surface area contributed by atoms with Crippen LogP contribution in [0, 0.1) is 5.92 Å². The van der Waals surface area contributed by atoms with Crippen LogP contribution in [-0.2, 0) is 16.0 Å². The van der Waals surface area contributed by atoms with Gasteiger partial charge in [-0.1, -0.05) is 25.0 Å². The number of fused-ring (bicyclic) bond motifs is 1. The molecule has 5 nitrogen and oxygen atoms in total. The van der Waals surface area contributed by atoms with Crippen molar-refractivity contribution in [2.75, 3.05) is 5.73 Å². The average molecular weight is 302 g/mol. The molecule has 1 aliphatic heterocycles. The van der Waals surface area contributed by atoms with E-state index in [4.69, 9.17) is 5.73 Å². The molecule has 2 aliphatic rings. The number of aliphatic carboxylic acids is 1. The van der Waals surface area contributed by atoms with Gasteiger partial charge in [0.05, 0.1) is 6.42 Å². The summed E-state index contributed by atoms with van der Waals surface area (Å²) in [5, 5.41) is 9.48. The molecule has 3 unspecified atom stereocenters. The van der Waals surface area contributed by atoms with Crippen molar-refractivity contribution in [1.29, 1.82) is 0 Å². The summed E-state index contributed by atoms with van der Waals surface area (Å²) < 4.78 is 0. The number of nitrogen functional groups attached to an aromatic ring is 1. The van der Waals surface area contributed by atoms with E-state index in [1.165, 1.54) is 0 Å². The highest BCUT2D eigenvalue weighted by Gasteiger charge is 2.47. The Morgan fingerprint density at radius 1 is 1.27 bits per heavy atom. The number of hydrogen-bond acceptors (Lipinski definition) is 3. The van der Waals surface area contributed by atoms with Gasteiger partial charge in [-0.3, -0.25) is 4.79 Å². The van der Waals surface area contributed by atoms with E-state index < -0.39 is 12.0 Å². The molecule has 1 aromatic carbocycles. The molecule has 3 rings (SSSR count). The van der Waals surface area contributed by atoms with E-state index >= 15 is 0 Å². The Morgan fingerprint density at radius 2 is 2.05 bits per heavy atom. The number of benzene rings is 1. The number of rotatable bonds is 3. The highest BCUT2D eigenvalue weighted by Crippen LogP contribution is 2.40. The number of nitrogens with two attached hydrogens (primary N) is 1. The van der Waals surface area contributed by atoms with Crippen LogP contribution in [0.25, 0.3) is 0 Å². The van der Waals surface area contributed by atoms with Gasteiger partial charge in [0.2, 0.25) is 5.91 Å². The number of carboxylic acids is 1. The predicted molar refractivity (Wildman–Crippen MR) is 83.2 cm³/mol. The second-order valence-corrected chi connectivity index (χ2v) is 6.42. The predicted octanol–water partition coefficient (Wildman–Crippen LogP) is 2.06. The molecule has 2 fully saturated rings. The number of carboxylic acid groups (broad SMARTS) is 1. The van der Waals surface area contributed by atoms with Crippen molar-refractivity contribution in [3.63, 3.8) is 0 Å². The minimum absolute atomic E-state index is 0.0904. The lowest BCUT2D eigenvalue weighted by Crippen LogP contribution is -2.46. The normalized spacial score (nSPS) is 27.5. The Balaban J connectivity index is 1.80. The van der Waals surface area contributed by atoms with E-state index in [0.29, 0.717) is 18.0 Å². The minimum Gasteiger partial charge on any atom is -0.480 e. The second kappa shape index (κ2) is 5.99. The first kappa shape index (κ1) is 14.9. The molecule has 22 heavy (non-hydrogen) atoms. The largest absolute Gasteiger partial charge is 0.480 e. The van der Waals surface area contributed by atoms with Crippen molar-refractivity contribution in [2.45, 2.75) is 50.6 Å². The zero-order chi connectivity index (χ0) is 15.7. The SMILES string of the molecule is Nc1cccc(CC(=O)N2C(C(=O)O)CC3CCCCC32)c1. The van der Waals surface area contributed by atoms with E-state index in [0.717, 1.165) is 31.2 Å². The summed E-state index contributed by atoms with van der Waals surface area (Å²) in [6, 6.07) is 6.67. The number of hydrogen-bond donors (Lipinski definition) is 2. The van der Waals surface area contributed by atoms with E-state index in [1.807, 2.05) is 12.1 Å². The Hall–Kier alpha value is -2.04. The van der Waals surface area contributed by atoms with Crippen molar-refractivity contribution < 1.29 is 14.7 Å². The average Bonchev–Trinajstić information content (AvgIpc) is 2.87. The standard InChI is InChI=1S/C17H22N2O3/c18-13-6-3-4-11(8-13)9-16(20)19-14-7-2-1-5-12(14)10-15(19)17(21)22/h3-4,6,8,12,14-15H,1-2,5,7,9-10,18H2,(H,21,22). The van der Waals surface area contributed by atoms with Gasteiger partial charge < -0.3 is 15.7 Å². The number of carbonyl (C=O) groups excluding carboxylic acids is 1. The van der Waals surface area contributed by atoms with Gasteiger partial charge in [0.1, 0.15) is 6.04 Å². The van der Waals surface area contributed by atoms with Crippen LogP contribution >= 0.6 is 0 Å². The van der Waals surface area contributed by atoms with Gasteiger partial charge in [0.25, 0.3) is 0 Å². The highest BCUT2D eigenvalue weighted by molar-refractivity contribution is 5.86. The first-order valence-corrected chi connectivity index (χ1v) is 7.94. The quantitative estimate of drug-likeness (QED) is 0.837. The topological polar surface area (TPSA) is 83.6 Å². The van der Waals surface area contributed by atoms with Crippen molar-refractivity contribution in [3.05, 3.63) is 29.8 Å². The van der Waals surface area contributed by atoms with E-state index in [2.05, 4.69) is 0 Å². The van der Waals surface area contributed by atoms with Gasteiger partial charge in [0, 0.05) is 11.7 Å². The first-order valence-electron chi connectivity index (χ1n) is 7.94. The number of carbonyl (C=O) groups is 2. The van der Waals surface area contributed by atoms with E-state index in [1.54, 1.807) is 17.0 Å². The first-order chi connectivity index (χ1) is 10.6. The lowest BCUT2D eigenvalue weighted by Gasteiger charge is -2.33.